The highest BCUT2D eigenvalue weighted by Gasteiger charge is 2.75. The van der Waals surface area contributed by atoms with E-state index in [1.807, 2.05) is 20.8 Å². The molecule has 0 aliphatic carbocycles. The molecular weight excluding hydrogens is 594 g/mol. The van der Waals surface area contributed by atoms with E-state index in [0.717, 1.165) is 11.0 Å². The monoisotopic (exact) mass is 617 g/mol. The average Bonchev–Trinajstić information content (AvgIpc) is 3.37. The van der Waals surface area contributed by atoms with E-state index in [1.54, 1.807) is 0 Å². The van der Waals surface area contributed by atoms with Gasteiger partial charge in [0, 0.05) is 45.3 Å². The van der Waals surface area contributed by atoms with E-state index in [2.05, 4.69) is 5.32 Å². The van der Waals surface area contributed by atoms with Crippen molar-refractivity contribution in [2.24, 2.45) is 17.3 Å². The Balaban J connectivity index is 1.74. The van der Waals surface area contributed by atoms with Gasteiger partial charge in [0.15, 0.2) is 0 Å². The van der Waals surface area contributed by atoms with E-state index in [9.17, 15) is 23.9 Å². The molecule has 2 aromatic carbocycles. The molecule has 2 N–H and O–H groups in total. The van der Waals surface area contributed by atoms with E-state index in [1.165, 1.54) is 29.2 Å². The fourth-order valence-electron chi connectivity index (χ4n) is 6.43. The smallest absolute Gasteiger partial charge is 0.310 e. The molecule has 13 heteroatoms. The van der Waals surface area contributed by atoms with Crippen LogP contribution in [0.4, 0.5) is 24.5 Å². The van der Waals surface area contributed by atoms with Gasteiger partial charge < -0.3 is 15.3 Å². The molecule has 0 radical (unpaired) electrons. The minimum atomic E-state index is -3.35. The SMILES string of the molecule is CC(C)(C)CN(C(=O)[C@H]1[C@@H](C(=O)O)[C@]2(C(=O)Nc3c(F)cc(Cl)cc32)N2CC(F)(F)C[C@@H]12)c1cc(Cl)cc(Cl)c1. The van der Waals surface area contributed by atoms with E-state index in [0.29, 0.717) is 0 Å². The number of benzene rings is 2. The standard InChI is InChI=1S/C27H25Cl3F3N3O4/c1-25(2,3)10-35(15-5-12(28)4-13(29)6-15)22(37)19-18-9-26(32,33)11-36(18)27(20(19)23(38)39)16-7-14(30)8-17(31)21(16)34-24(27)40/h4-8,18-20H,9-11H2,1-3H3,(H,34,40)(H,38,39)/t18-,19+,20-,27+/m0/s1. The number of anilines is 2. The van der Waals surface area contributed by atoms with Gasteiger partial charge in [-0.1, -0.05) is 55.6 Å². The highest BCUT2D eigenvalue weighted by molar-refractivity contribution is 6.35. The predicted octanol–water partition coefficient (Wildman–Crippen LogP) is 6.05. The number of nitrogens with one attached hydrogen (secondary N) is 1. The topological polar surface area (TPSA) is 90.0 Å². The first kappa shape index (κ1) is 29.0. The van der Waals surface area contributed by atoms with Gasteiger partial charge in [-0.15, -0.1) is 0 Å². The molecular formula is C27H25Cl3F3N3O4. The van der Waals surface area contributed by atoms with Crippen LogP contribution in [0.25, 0.3) is 0 Å². The second-order valence-electron chi connectivity index (χ2n) is 11.7. The van der Waals surface area contributed by atoms with Crippen LogP contribution in [0.5, 0.6) is 0 Å². The van der Waals surface area contributed by atoms with E-state index in [-0.39, 0.29) is 38.6 Å². The van der Waals surface area contributed by atoms with Crippen molar-refractivity contribution in [1.29, 1.82) is 0 Å². The Morgan fingerprint density at radius 3 is 2.27 bits per heavy atom. The summed E-state index contributed by atoms with van der Waals surface area (Å²) in [6, 6.07) is 5.14. The lowest BCUT2D eigenvalue weighted by atomic mass is 9.73. The molecule has 40 heavy (non-hydrogen) atoms. The predicted molar refractivity (Wildman–Crippen MR) is 145 cm³/mol. The lowest BCUT2D eigenvalue weighted by molar-refractivity contribution is -0.153. The van der Waals surface area contributed by atoms with E-state index < -0.39 is 71.3 Å². The maximum absolute atomic E-state index is 15.0. The number of carbonyl (C=O) groups is 3. The summed E-state index contributed by atoms with van der Waals surface area (Å²) in [7, 11) is 0. The number of carbonyl (C=O) groups excluding carboxylic acids is 2. The third-order valence-electron chi connectivity index (χ3n) is 7.65. The number of hydrogen-bond donors (Lipinski definition) is 2. The normalized spacial score (nSPS) is 27.0. The fourth-order valence-corrected chi connectivity index (χ4v) is 7.15. The number of aliphatic carboxylic acids is 1. The second-order valence-corrected chi connectivity index (χ2v) is 13.0. The van der Waals surface area contributed by atoms with Gasteiger partial charge in [-0.05, 0) is 35.7 Å². The molecule has 2 aromatic rings. The Kier molecular flexibility index (Phi) is 6.89. The molecule has 0 aromatic heterocycles. The molecule has 3 heterocycles. The first-order valence-electron chi connectivity index (χ1n) is 12.4. The highest BCUT2D eigenvalue weighted by Crippen LogP contribution is 2.60. The summed E-state index contributed by atoms with van der Waals surface area (Å²) in [5, 5.41) is 13.2. The molecule has 2 amide bonds. The van der Waals surface area contributed by atoms with Gasteiger partial charge in [-0.25, -0.2) is 13.2 Å². The molecule has 2 fully saturated rings. The number of fused-ring (bicyclic) bond motifs is 4. The van der Waals surface area contributed by atoms with Crippen LogP contribution in [0, 0.1) is 23.1 Å². The molecule has 1 spiro atoms. The van der Waals surface area contributed by atoms with Crippen LogP contribution >= 0.6 is 34.8 Å². The van der Waals surface area contributed by atoms with Crippen molar-refractivity contribution in [2.75, 3.05) is 23.3 Å². The van der Waals surface area contributed by atoms with Gasteiger partial charge in [-0.3, -0.25) is 19.3 Å². The van der Waals surface area contributed by atoms with Crippen LogP contribution in [-0.4, -0.2) is 52.8 Å². The molecule has 2 saturated heterocycles. The summed E-state index contributed by atoms with van der Waals surface area (Å²) in [4.78, 5) is 43.5. The van der Waals surface area contributed by atoms with Gasteiger partial charge in [0.25, 0.3) is 11.8 Å². The van der Waals surface area contributed by atoms with Crippen molar-refractivity contribution >= 4 is 64.0 Å². The van der Waals surface area contributed by atoms with Crippen molar-refractivity contribution in [3.63, 3.8) is 0 Å². The fraction of sp³-hybridized carbons (Fsp3) is 0.444. The van der Waals surface area contributed by atoms with E-state index >= 15 is 8.78 Å². The minimum absolute atomic E-state index is 0.0463. The maximum Gasteiger partial charge on any atom is 0.310 e. The molecule has 3 aliphatic rings. The summed E-state index contributed by atoms with van der Waals surface area (Å²) in [5.41, 5.74) is -3.15. The van der Waals surface area contributed by atoms with E-state index in [4.69, 9.17) is 34.8 Å². The Hall–Kier alpha value is -2.53. The molecule has 4 atom stereocenters. The van der Waals surface area contributed by atoms with Crippen molar-refractivity contribution in [3.05, 3.63) is 56.8 Å². The van der Waals surface area contributed by atoms with Crippen molar-refractivity contribution in [3.8, 4) is 0 Å². The molecule has 5 rings (SSSR count). The number of alkyl halides is 2. The second kappa shape index (κ2) is 9.51. The Labute approximate surface area is 243 Å². The van der Waals surface area contributed by atoms with Gasteiger partial charge in [0.2, 0.25) is 5.91 Å². The first-order chi connectivity index (χ1) is 18.5. The van der Waals surface area contributed by atoms with Crippen molar-refractivity contribution in [1.82, 2.24) is 4.90 Å². The third-order valence-corrected chi connectivity index (χ3v) is 8.30. The van der Waals surface area contributed by atoms with Crippen molar-refractivity contribution < 1.29 is 32.7 Å². The molecule has 7 nitrogen and oxygen atoms in total. The van der Waals surface area contributed by atoms with Crippen molar-refractivity contribution in [2.45, 2.75) is 44.7 Å². The zero-order valence-electron chi connectivity index (χ0n) is 21.6. The average molecular weight is 619 g/mol. The summed E-state index contributed by atoms with van der Waals surface area (Å²) >= 11 is 18.5. The zero-order valence-corrected chi connectivity index (χ0v) is 23.8. The maximum atomic E-state index is 15.0. The van der Waals surface area contributed by atoms with Gasteiger partial charge in [0.05, 0.1) is 18.2 Å². The number of carboxylic acid groups (broad SMARTS) is 1. The Bertz CT molecular complexity index is 1430. The van der Waals surface area contributed by atoms with Crippen LogP contribution in [0.1, 0.15) is 32.8 Å². The number of rotatable bonds is 4. The van der Waals surface area contributed by atoms with Crippen LogP contribution in [0.2, 0.25) is 15.1 Å². The first-order valence-corrected chi connectivity index (χ1v) is 13.6. The van der Waals surface area contributed by atoms with Gasteiger partial charge in [-0.2, -0.15) is 0 Å². The summed E-state index contributed by atoms with van der Waals surface area (Å²) < 4.78 is 45.0. The molecule has 0 unspecified atom stereocenters. The molecule has 0 saturated carbocycles. The quantitative estimate of drug-likeness (QED) is 0.435. The summed E-state index contributed by atoms with van der Waals surface area (Å²) in [5.74, 6) is -11.1. The van der Waals surface area contributed by atoms with Gasteiger partial charge >= 0.3 is 5.97 Å². The lowest BCUT2D eigenvalue weighted by Crippen LogP contribution is -2.54. The number of amides is 2. The zero-order chi connectivity index (χ0) is 29.5. The number of halogens is 6. The Morgan fingerprint density at radius 1 is 1.10 bits per heavy atom. The van der Waals surface area contributed by atoms with Crippen LogP contribution in [0.15, 0.2) is 30.3 Å². The number of carboxylic acids is 1. The number of nitrogens with zero attached hydrogens (tertiary/aromatic N) is 2. The van der Waals surface area contributed by atoms with Gasteiger partial charge in [0.1, 0.15) is 17.3 Å². The molecule has 214 valence electrons. The summed E-state index contributed by atoms with van der Waals surface area (Å²) in [6.45, 7) is 4.56. The van der Waals surface area contributed by atoms with Crippen LogP contribution in [-0.2, 0) is 19.9 Å². The third kappa shape index (κ3) is 4.53. The highest BCUT2D eigenvalue weighted by atomic mass is 35.5. The van der Waals surface area contributed by atoms with Crippen LogP contribution in [0.3, 0.4) is 0 Å². The number of hydrogen-bond acceptors (Lipinski definition) is 4. The summed E-state index contributed by atoms with van der Waals surface area (Å²) in [6.07, 6.45) is -0.875. The Morgan fingerprint density at radius 2 is 1.70 bits per heavy atom. The minimum Gasteiger partial charge on any atom is -0.481 e. The van der Waals surface area contributed by atoms with Crippen LogP contribution < -0.4 is 10.2 Å². The largest absolute Gasteiger partial charge is 0.481 e. The molecule has 3 aliphatic heterocycles. The lowest BCUT2D eigenvalue weighted by Gasteiger charge is -2.36. The molecule has 0 bridgehead atoms.